The van der Waals surface area contributed by atoms with Gasteiger partial charge in [0.1, 0.15) is 0 Å². The number of piperazine rings is 1. The standard InChI is InChI=1S/C14H28N2S/c1-17-12-6-5-10-16-11-9-15-14(13-16)7-3-2-4-8-14/h15H,2-13H2,1H3. The highest BCUT2D eigenvalue weighted by Gasteiger charge is 2.35. The van der Waals surface area contributed by atoms with Gasteiger partial charge in [-0.05, 0) is 44.2 Å². The summed E-state index contributed by atoms with van der Waals surface area (Å²) in [5.74, 6) is 1.33. The molecule has 0 bridgehead atoms. The van der Waals surface area contributed by atoms with Crippen LogP contribution in [0.25, 0.3) is 0 Å². The van der Waals surface area contributed by atoms with E-state index >= 15 is 0 Å². The fourth-order valence-corrected chi connectivity index (χ4v) is 3.87. The summed E-state index contributed by atoms with van der Waals surface area (Å²) in [6.07, 6.45) is 12.1. The molecule has 1 saturated heterocycles. The van der Waals surface area contributed by atoms with Crippen molar-refractivity contribution < 1.29 is 0 Å². The minimum Gasteiger partial charge on any atom is -0.309 e. The highest BCUT2D eigenvalue weighted by molar-refractivity contribution is 7.98. The van der Waals surface area contributed by atoms with Crippen molar-refractivity contribution in [1.29, 1.82) is 0 Å². The van der Waals surface area contributed by atoms with E-state index in [1.54, 1.807) is 0 Å². The molecule has 3 heteroatoms. The zero-order valence-corrected chi connectivity index (χ0v) is 12.2. The van der Waals surface area contributed by atoms with E-state index in [0.29, 0.717) is 5.54 Å². The molecule has 0 amide bonds. The Kier molecular flexibility index (Phi) is 5.64. The number of rotatable bonds is 5. The van der Waals surface area contributed by atoms with Gasteiger partial charge in [-0.15, -0.1) is 0 Å². The lowest BCUT2D eigenvalue weighted by molar-refractivity contribution is 0.0985. The van der Waals surface area contributed by atoms with Crippen LogP contribution in [0.15, 0.2) is 0 Å². The van der Waals surface area contributed by atoms with Gasteiger partial charge in [-0.25, -0.2) is 0 Å². The molecule has 0 unspecified atom stereocenters. The molecule has 1 saturated carbocycles. The number of nitrogens with one attached hydrogen (secondary N) is 1. The van der Waals surface area contributed by atoms with E-state index in [-0.39, 0.29) is 0 Å². The van der Waals surface area contributed by atoms with E-state index in [0.717, 1.165) is 0 Å². The number of unbranched alkanes of at least 4 members (excludes halogenated alkanes) is 1. The molecule has 0 atom stereocenters. The van der Waals surface area contributed by atoms with Gasteiger partial charge >= 0.3 is 0 Å². The second-order valence-corrected chi connectivity index (χ2v) is 6.73. The average Bonchev–Trinajstić information content (AvgIpc) is 2.36. The Morgan fingerprint density at radius 3 is 2.76 bits per heavy atom. The third-order valence-corrected chi connectivity index (χ3v) is 5.03. The number of nitrogens with zero attached hydrogens (tertiary/aromatic N) is 1. The van der Waals surface area contributed by atoms with Gasteiger partial charge in [0, 0.05) is 25.2 Å². The summed E-state index contributed by atoms with van der Waals surface area (Å²) in [4.78, 5) is 2.71. The maximum atomic E-state index is 3.82. The molecule has 2 rings (SSSR count). The number of hydrogen-bond donors (Lipinski definition) is 1. The minimum absolute atomic E-state index is 0.496. The Hall–Kier alpha value is 0.270. The quantitative estimate of drug-likeness (QED) is 0.762. The molecule has 0 radical (unpaired) electrons. The molecular weight excluding hydrogens is 228 g/mol. The molecule has 1 aliphatic carbocycles. The summed E-state index contributed by atoms with van der Waals surface area (Å²) >= 11 is 1.98. The van der Waals surface area contributed by atoms with Crippen molar-refractivity contribution in [2.24, 2.45) is 0 Å². The molecule has 1 spiro atoms. The molecule has 1 aliphatic heterocycles. The summed E-state index contributed by atoms with van der Waals surface area (Å²) in [5.41, 5.74) is 0.496. The fraction of sp³-hybridized carbons (Fsp3) is 1.00. The molecule has 17 heavy (non-hydrogen) atoms. The van der Waals surface area contributed by atoms with Crippen molar-refractivity contribution in [3.05, 3.63) is 0 Å². The average molecular weight is 256 g/mol. The van der Waals surface area contributed by atoms with Crippen LogP contribution in [0.1, 0.15) is 44.9 Å². The Morgan fingerprint density at radius 2 is 2.00 bits per heavy atom. The SMILES string of the molecule is CSCCCCN1CCNC2(CCCCC2)C1. The number of thioether (sulfide) groups is 1. The van der Waals surface area contributed by atoms with Gasteiger partial charge in [0.15, 0.2) is 0 Å². The van der Waals surface area contributed by atoms with Gasteiger partial charge in [-0.2, -0.15) is 11.8 Å². The maximum absolute atomic E-state index is 3.82. The first-order valence-corrected chi connectivity index (χ1v) is 8.70. The minimum atomic E-state index is 0.496. The Labute approximate surface area is 111 Å². The lowest BCUT2D eigenvalue weighted by Gasteiger charge is -2.46. The highest BCUT2D eigenvalue weighted by Crippen LogP contribution is 2.30. The topological polar surface area (TPSA) is 15.3 Å². The molecule has 0 aromatic carbocycles. The van der Waals surface area contributed by atoms with E-state index < -0.39 is 0 Å². The fourth-order valence-electron chi connectivity index (χ4n) is 3.38. The zero-order valence-electron chi connectivity index (χ0n) is 11.3. The predicted molar refractivity (Wildman–Crippen MR) is 77.9 cm³/mol. The van der Waals surface area contributed by atoms with Gasteiger partial charge in [-0.3, -0.25) is 0 Å². The second kappa shape index (κ2) is 7.01. The first-order chi connectivity index (χ1) is 8.35. The smallest absolute Gasteiger partial charge is 0.0309 e. The summed E-state index contributed by atoms with van der Waals surface area (Å²) < 4.78 is 0. The van der Waals surface area contributed by atoms with Crippen LogP contribution < -0.4 is 5.32 Å². The van der Waals surface area contributed by atoms with Crippen molar-refractivity contribution in [3.8, 4) is 0 Å². The van der Waals surface area contributed by atoms with E-state index in [1.165, 1.54) is 76.9 Å². The Morgan fingerprint density at radius 1 is 1.18 bits per heavy atom. The van der Waals surface area contributed by atoms with E-state index in [9.17, 15) is 0 Å². The van der Waals surface area contributed by atoms with Crippen LogP contribution in [0.5, 0.6) is 0 Å². The third-order valence-electron chi connectivity index (χ3n) is 4.34. The summed E-state index contributed by atoms with van der Waals surface area (Å²) in [6.45, 7) is 5.11. The monoisotopic (exact) mass is 256 g/mol. The lowest BCUT2D eigenvalue weighted by atomic mass is 9.80. The van der Waals surface area contributed by atoms with Crippen molar-refractivity contribution in [2.75, 3.05) is 38.2 Å². The zero-order chi connectivity index (χ0) is 12.0. The van der Waals surface area contributed by atoms with Crippen LogP contribution in [0.4, 0.5) is 0 Å². The summed E-state index contributed by atoms with van der Waals surface area (Å²) in [7, 11) is 0. The van der Waals surface area contributed by atoms with Crippen molar-refractivity contribution >= 4 is 11.8 Å². The Balaban J connectivity index is 1.72. The molecule has 2 nitrogen and oxygen atoms in total. The summed E-state index contributed by atoms with van der Waals surface area (Å²) in [6, 6.07) is 0. The predicted octanol–water partition coefficient (Wildman–Crippen LogP) is 2.74. The van der Waals surface area contributed by atoms with Crippen LogP contribution in [0.2, 0.25) is 0 Å². The van der Waals surface area contributed by atoms with Crippen LogP contribution in [-0.2, 0) is 0 Å². The van der Waals surface area contributed by atoms with E-state index in [1.807, 2.05) is 11.8 Å². The maximum Gasteiger partial charge on any atom is 0.0309 e. The normalized spacial score (nSPS) is 25.2. The molecule has 1 N–H and O–H groups in total. The number of hydrogen-bond acceptors (Lipinski definition) is 3. The van der Waals surface area contributed by atoms with Crippen LogP contribution in [-0.4, -0.2) is 48.6 Å². The van der Waals surface area contributed by atoms with Gasteiger partial charge in [0.25, 0.3) is 0 Å². The molecule has 1 heterocycles. The molecule has 0 aromatic rings. The van der Waals surface area contributed by atoms with Crippen molar-refractivity contribution in [3.63, 3.8) is 0 Å². The first-order valence-electron chi connectivity index (χ1n) is 7.31. The molecule has 0 aromatic heterocycles. The van der Waals surface area contributed by atoms with Gasteiger partial charge in [-0.1, -0.05) is 19.3 Å². The van der Waals surface area contributed by atoms with Gasteiger partial charge in [0.05, 0.1) is 0 Å². The van der Waals surface area contributed by atoms with Crippen molar-refractivity contribution in [1.82, 2.24) is 10.2 Å². The molecule has 100 valence electrons. The van der Waals surface area contributed by atoms with E-state index in [4.69, 9.17) is 0 Å². The van der Waals surface area contributed by atoms with Crippen LogP contribution in [0, 0.1) is 0 Å². The first kappa shape index (κ1) is 13.7. The molecular formula is C14H28N2S. The molecule has 2 aliphatic rings. The lowest BCUT2D eigenvalue weighted by Crippen LogP contribution is -2.61. The van der Waals surface area contributed by atoms with Crippen LogP contribution in [0.3, 0.4) is 0 Å². The largest absolute Gasteiger partial charge is 0.309 e. The summed E-state index contributed by atoms with van der Waals surface area (Å²) in [5, 5.41) is 3.82. The Bertz CT molecular complexity index is 209. The van der Waals surface area contributed by atoms with Gasteiger partial charge in [0.2, 0.25) is 0 Å². The van der Waals surface area contributed by atoms with Crippen LogP contribution >= 0.6 is 11.8 Å². The molecule has 2 fully saturated rings. The third kappa shape index (κ3) is 4.15. The van der Waals surface area contributed by atoms with Gasteiger partial charge < -0.3 is 10.2 Å². The highest BCUT2D eigenvalue weighted by atomic mass is 32.2. The van der Waals surface area contributed by atoms with Crippen molar-refractivity contribution in [2.45, 2.75) is 50.5 Å². The second-order valence-electron chi connectivity index (χ2n) is 5.74. The van der Waals surface area contributed by atoms with E-state index in [2.05, 4.69) is 16.5 Å².